The molecule has 1 unspecified atom stereocenters. The fourth-order valence-electron chi connectivity index (χ4n) is 3.15. The summed E-state index contributed by atoms with van der Waals surface area (Å²) < 4.78 is 0. The first-order chi connectivity index (χ1) is 13.2. The van der Waals surface area contributed by atoms with E-state index in [-0.39, 0.29) is 5.91 Å². The first kappa shape index (κ1) is 17.3. The van der Waals surface area contributed by atoms with Crippen LogP contribution in [0.15, 0.2) is 66.9 Å². The molecule has 1 atom stereocenters. The Balaban J connectivity index is 1.64. The van der Waals surface area contributed by atoms with Gasteiger partial charge in [0.05, 0.1) is 0 Å². The van der Waals surface area contributed by atoms with Crippen molar-refractivity contribution in [3.8, 4) is 0 Å². The predicted octanol–water partition coefficient (Wildman–Crippen LogP) is 3.55. The van der Waals surface area contributed by atoms with Gasteiger partial charge in [0.15, 0.2) is 0 Å². The van der Waals surface area contributed by atoms with E-state index >= 15 is 0 Å². The lowest BCUT2D eigenvalue weighted by Gasteiger charge is -2.36. The van der Waals surface area contributed by atoms with Crippen LogP contribution in [-0.4, -0.2) is 29.0 Å². The van der Waals surface area contributed by atoms with Gasteiger partial charge in [0.2, 0.25) is 11.9 Å². The summed E-state index contributed by atoms with van der Waals surface area (Å²) in [6, 6.07) is 18.5. The summed E-state index contributed by atoms with van der Waals surface area (Å²) in [5.74, 6) is 1.11. The molecule has 6 nitrogen and oxygen atoms in total. The third-order valence-electron chi connectivity index (χ3n) is 4.34. The third kappa shape index (κ3) is 3.85. The third-order valence-corrected chi connectivity index (χ3v) is 4.58. The van der Waals surface area contributed by atoms with Gasteiger partial charge >= 0.3 is 0 Å². The van der Waals surface area contributed by atoms with Gasteiger partial charge in [0, 0.05) is 30.0 Å². The van der Waals surface area contributed by atoms with Crippen LogP contribution in [0.4, 0.5) is 17.5 Å². The monoisotopic (exact) mass is 379 g/mol. The van der Waals surface area contributed by atoms with Gasteiger partial charge in [-0.15, -0.1) is 0 Å². The minimum atomic E-state index is -0.422. The molecule has 0 bridgehead atoms. The highest BCUT2D eigenvalue weighted by Crippen LogP contribution is 2.28. The van der Waals surface area contributed by atoms with E-state index in [0.717, 1.165) is 11.3 Å². The molecule has 0 saturated carbocycles. The van der Waals surface area contributed by atoms with E-state index in [1.165, 1.54) is 0 Å². The maximum atomic E-state index is 12.6. The summed E-state index contributed by atoms with van der Waals surface area (Å²) in [7, 11) is 0. The molecule has 0 radical (unpaired) electrons. The van der Waals surface area contributed by atoms with E-state index in [1.54, 1.807) is 18.3 Å². The van der Waals surface area contributed by atoms with Crippen LogP contribution < -0.4 is 15.5 Å². The van der Waals surface area contributed by atoms with Crippen LogP contribution in [0, 0.1) is 0 Å². The largest absolute Gasteiger partial charge is 0.352 e. The lowest BCUT2D eigenvalue weighted by atomic mass is 10.0. The number of anilines is 3. The summed E-state index contributed by atoms with van der Waals surface area (Å²) in [5.41, 5.74) is 1.73. The molecule has 2 heterocycles. The molecular formula is C20H18ClN5O. The average Bonchev–Trinajstić information content (AvgIpc) is 2.69. The Morgan fingerprint density at radius 3 is 2.78 bits per heavy atom. The number of halogens is 1. The summed E-state index contributed by atoms with van der Waals surface area (Å²) in [5, 5.41) is 6.73. The minimum absolute atomic E-state index is 0.0320. The quantitative estimate of drug-likeness (QED) is 0.725. The highest BCUT2D eigenvalue weighted by atomic mass is 35.5. The van der Waals surface area contributed by atoms with E-state index in [1.807, 2.05) is 53.4 Å². The topological polar surface area (TPSA) is 70.2 Å². The smallest absolute Gasteiger partial charge is 0.247 e. The Bertz CT molecular complexity index is 950. The molecule has 7 heteroatoms. The Morgan fingerprint density at radius 2 is 1.96 bits per heavy atom. The molecule has 27 heavy (non-hydrogen) atoms. The summed E-state index contributed by atoms with van der Waals surface area (Å²) in [6.45, 7) is 1.24. The second kappa shape index (κ2) is 7.63. The van der Waals surface area contributed by atoms with Crippen molar-refractivity contribution in [3.05, 3.63) is 77.4 Å². The van der Waals surface area contributed by atoms with Crippen LogP contribution >= 0.6 is 11.6 Å². The molecular weight excluding hydrogens is 362 g/mol. The molecule has 1 aliphatic rings. The average molecular weight is 380 g/mol. The van der Waals surface area contributed by atoms with Crippen molar-refractivity contribution in [2.75, 3.05) is 23.3 Å². The lowest BCUT2D eigenvalue weighted by molar-refractivity contribution is -0.123. The first-order valence-electron chi connectivity index (χ1n) is 8.66. The molecule has 1 amide bonds. The molecule has 1 aliphatic heterocycles. The van der Waals surface area contributed by atoms with Crippen LogP contribution in [0.2, 0.25) is 5.02 Å². The molecule has 4 rings (SSSR count). The van der Waals surface area contributed by atoms with Gasteiger partial charge in [-0.1, -0.05) is 48.0 Å². The number of rotatable bonds is 4. The zero-order valence-electron chi connectivity index (χ0n) is 14.5. The van der Waals surface area contributed by atoms with E-state index < -0.39 is 6.04 Å². The highest BCUT2D eigenvalue weighted by Gasteiger charge is 2.32. The number of nitrogens with zero attached hydrogens (tertiary/aromatic N) is 3. The highest BCUT2D eigenvalue weighted by molar-refractivity contribution is 6.30. The fourth-order valence-corrected chi connectivity index (χ4v) is 3.34. The molecule has 0 spiro atoms. The second-order valence-electron chi connectivity index (χ2n) is 6.17. The van der Waals surface area contributed by atoms with Gasteiger partial charge in [-0.25, -0.2) is 4.98 Å². The van der Waals surface area contributed by atoms with Gasteiger partial charge in [-0.3, -0.25) is 4.79 Å². The van der Waals surface area contributed by atoms with Crippen molar-refractivity contribution in [1.29, 1.82) is 0 Å². The predicted molar refractivity (Wildman–Crippen MR) is 106 cm³/mol. The summed E-state index contributed by atoms with van der Waals surface area (Å²) in [4.78, 5) is 23.5. The number of hydrogen-bond acceptors (Lipinski definition) is 5. The second-order valence-corrected chi connectivity index (χ2v) is 6.61. The number of carbonyl (C=O) groups is 1. The fraction of sp³-hybridized carbons (Fsp3) is 0.150. The van der Waals surface area contributed by atoms with Crippen molar-refractivity contribution in [2.24, 2.45) is 0 Å². The van der Waals surface area contributed by atoms with Crippen LogP contribution in [0.3, 0.4) is 0 Å². The Morgan fingerprint density at radius 1 is 1.11 bits per heavy atom. The molecule has 1 aromatic heterocycles. The van der Waals surface area contributed by atoms with Crippen LogP contribution in [0.5, 0.6) is 0 Å². The summed E-state index contributed by atoms with van der Waals surface area (Å²) in [6.07, 6.45) is 1.68. The number of hydrogen-bond donors (Lipinski definition) is 2. The molecule has 3 aromatic rings. The molecule has 2 N–H and O–H groups in total. The zero-order valence-corrected chi connectivity index (χ0v) is 15.2. The van der Waals surface area contributed by atoms with Crippen molar-refractivity contribution in [2.45, 2.75) is 6.04 Å². The van der Waals surface area contributed by atoms with E-state index in [4.69, 9.17) is 11.6 Å². The Kier molecular flexibility index (Phi) is 4.89. The molecule has 1 fully saturated rings. The molecule has 1 saturated heterocycles. The number of aromatic nitrogens is 2. The Labute approximate surface area is 162 Å². The normalized spacial score (nSPS) is 16.7. The van der Waals surface area contributed by atoms with Gasteiger partial charge < -0.3 is 15.5 Å². The maximum Gasteiger partial charge on any atom is 0.247 e. The van der Waals surface area contributed by atoms with Crippen molar-refractivity contribution in [3.63, 3.8) is 0 Å². The standard InChI is InChI=1S/C20H18ClN5O/c21-15-7-4-8-16(13-15)24-20-23-10-9-17(25-20)26-12-11-22-19(27)18(26)14-5-2-1-3-6-14/h1-10,13,18H,11-12H2,(H,22,27)(H,23,24,25). The van der Waals surface area contributed by atoms with Crippen LogP contribution in [-0.2, 0) is 4.79 Å². The van der Waals surface area contributed by atoms with Crippen LogP contribution in [0.25, 0.3) is 0 Å². The number of amides is 1. The van der Waals surface area contributed by atoms with Crippen molar-refractivity contribution in [1.82, 2.24) is 15.3 Å². The minimum Gasteiger partial charge on any atom is -0.352 e. The number of benzene rings is 2. The van der Waals surface area contributed by atoms with Gasteiger partial charge in [0.1, 0.15) is 11.9 Å². The van der Waals surface area contributed by atoms with Gasteiger partial charge in [-0.2, -0.15) is 4.98 Å². The van der Waals surface area contributed by atoms with Crippen molar-refractivity contribution >= 4 is 35.0 Å². The first-order valence-corrected chi connectivity index (χ1v) is 9.03. The van der Waals surface area contributed by atoms with Crippen molar-refractivity contribution < 1.29 is 4.79 Å². The van der Waals surface area contributed by atoms with Gasteiger partial charge in [-0.05, 0) is 29.8 Å². The van der Waals surface area contributed by atoms with Crippen LogP contribution in [0.1, 0.15) is 11.6 Å². The SMILES string of the molecule is O=C1NCCN(c2ccnc(Nc3cccc(Cl)c3)n2)C1c1ccccc1. The zero-order chi connectivity index (χ0) is 18.6. The van der Waals surface area contributed by atoms with Gasteiger partial charge in [0.25, 0.3) is 0 Å². The maximum absolute atomic E-state index is 12.6. The number of piperazine rings is 1. The summed E-state index contributed by atoms with van der Waals surface area (Å²) >= 11 is 6.03. The molecule has 0 aliphatic carbocycles. The number of carbonyl (C=O) groups excluding carboxylic acids is 1. The lowest BCUT2D eigenvalue weighted by Crippen LogP contribution is -2.50. The van der Waals surface area contributed by atoms with E-state index in [0.29, 0.717) is 29.9 Å². The number of nitrogens with one attached hydrogen (secondary N) is 2. The molecule has 136 valence electrons. The van der Waals surface area contributed by atoms with E-state index in [9.17, 15) is 4.79 Å². The molecule has 2 aromatic carbocycles. The van der Waals surface area contributed by atoms with E-state index in [2.05, 4.69) is 20.6 Å². The Hall–Kier alpha value is -3.12.